The van der Waals surface area contributed by atoms with E-state index in [-0.39, 0.29) is 5.91 Å². The molecule has 0 radical (unpaired) electrons. The van der Waals surface area contributed by atoms with E-state index in [4.69, 9.17) is 0 Å². The number of aryl methyl sites for hydroxylation is 1. The van der Waals surface area contributed by atoms with Crippen molar-refractivity contribution in [3.63, 3.8) is 0 Å². The van der Waals surface area contributed by atoms with Crippen molar-refractivity contribution >= 4 is 16.9 Å². The maximum absolute atomic E-state index is 12.5. The minimum Gasteiger partial charge on any atom is -0.348 e. The lowest BCUT2D eigenvalue weighted by atomic mass is 10.1. The highest BCUT2D eigenvalue weighted by molar-refractivity contribution is 5.97. The van der Waals surface area contributed by atoms with Crippen molar-refractivity contribution < 1.29 is 4.79 Å². The number of rotatable bonds is 5. The summed E-state index contributed by atoms with van der Waals surface area (Å²) in [6.07, 6.45) is 0. The van der Waals surface area contributed by atoms with Gasteiger partial charge in [0.05, 0.1) is 12.1 Å². The second kappa shape index (κ2) is 7.41. The number of fused-ring (bicyclic) bond motifs is 1. The first kappa shape index (κ1) is 17.0. The minimum atomic E-state index is -0.116. The molecule has 134 valence electrons. The first-order chi connectivity index (χ1) is 13.2. The zero-order chi connectivity index (χ0) is 18.6. The highest BCUT2D eigenvalue weighted by Crippen LogP contribution is 2.15. The summed E-state index contributed by atoms with van der Waals surface area (Å²) in [7, 11) is 0. The Kier molecular flexibility index (Phi) is 4.66. The molecule has 0 saturated heterocycles. The maximum Gasteiger partial charge on any atom is 0.251 e. The molecular formula is C22H20N4O. The average Bonchev–Trinajstić information content (AvgIpc) is 3.10. The summed E-state index contributed by atoms with van der Waals surface area (Å²) in [5.74, 6) is -0.116. The summed E-state index contributed by atoms with van der Waals surface area (Å²) in [5, 5.41) is 11.4. The molecule has 0 saturated carbocycles. The Morgan fingerprint density at radius 1 is 0.963 bits per heavy atom. The van der Waals surface area contributed by atoms with E-state index in [1.807, 2.05) is 66.2 Å². The van der Waals surface area contributed by atoms with Gasteiger partial charge in [0.2, 0.25) is 0 Å². The first-order valence-corrected chi connectivity index (χ1v) is 8.90. The minimum absolute atomic E-state index is 0.116. The molecule has 3 aromatic carbocycles. The van der Waals surface area contributed by atoms with Crippen LogP contribution < -0.4 is 5.32 Å². The van der Waals surface area contributed by atoms with Crippen molar-refractivity contribution in [2.45, 2.75) is 20.0 Å². The summed E-state index contributed by atoms with van der Waals surface area (Å²) < 4.78 is 1.85. The van der Waals surface area contributed by atoms with Crippen LogP contribution in [-0.2, 0) is 13.1 Å². The third-order valence-corrected chi connectivity index (χ3v) is 4.52. The van der Waals surface area contributed by atoms with Gasteiger partial charge in [-0.3, -0.25) is 4.79 Å². The highest BCUT2D eigenvalue weighted by Gasteiger charge is 2.10. The summed E-state index contributed by atoms with van der Waals surface area (Å²) in [6, 6.07) is 23.7. The van der Waals surface area contributed by atoms with Gasteiger partial charge in [-0.1, -0.05) is 65.4 Å². The van der Waals surface area contributed by atoms with E-state index < -0.39 is 0 Å². The molecule has 1 aromatic heterocycles. The molecule has 5 heteroatoms. The predicted octanol–water partition coefficient (Wildman–Crippen LogP) is 3.72. The number of carbonyl (C=O) groups excluding carboxylic acids is 1. The van der Waals surface area contributed by atoms with E-state index in [1.165, 1.54) is 5.56 Å². The predicted molar refractivity (Wildman–Crippen MR) is 105 cm³/mol. The van der Waals surface area contributed by atoms with E-state index >= 15 is 0 Å². The molecule has 0 bridgehead atoms. The molecule has 0 fully saturated rings. The lowest BCUT2D eigenvalue weighted by Gasteiger charge is -2.06. The maximum atomic E-state index is 12.5. The van der Waals surface area contributed by atoms with Crippen molar-refractivity contribution in [3.05, 3.63) is 95.1 Å². The van der Waals surface area contributed by atoms with Crippen molar-refractivity contribution in [2.24, 2.45) is 0 Å². The van der Waals surface area contributed by atoms with Crippen LogP contribution in [0.15, 0.2) is 72.8 Å². The summed E-state index contributed by atoms with van der Waals surface area (Å²) >= 11 is 0. The molecule has 27 heavy (non-hydrogen) atoms. The monoisotopic (exact) mass is 356 g/mol. The molecule has 4 aromatic rings. The molecule has 0 atom stereocenters. The zero-order valence-corrected chi connectivity index (χ0v) is 15.1. The Bertz CT molecular complexity index is 1070. The first-order valence-electron chi connectivity index (χ1n) is 8.90. The molecule has 4 rings (SSSR count). The van der Waals surface area contributed by atoms with Crippen LogP contribution in [0.2, 0.25) is 0 Å². The van der Waals surface area contributed by atoms with Crippen LogP contribution in [0, 0.1) is 6.92 Å². The fraction of sp³-hybridized carbons (Fsp3) is 0.136. The lowest BCUT2D eigenvalue weighted by Crippen LogP contribution is -2.22. The fourth-order valence-corrected chi connectivity index (χ4v) is 2.98. The Labute approximate surface area is 157 Å². The van der Waals surface area contributed by atoms with E-state index in [1.54, 1.807) is 6.07 Å². The van der Waals surface area contributed by atoms with Crippen LogP contribution in [-0.4, -0.2) is 20.9 Å². The van der Waals surface area contributed by atoms with E-state index in [2.05, 4.69) is 27.8 Å². The van der Waals surface area contributed by atoms with Crippen molar-refractivity contribution in [1.29, 1.82) is 0 Å². The SMILES string of the molecule is Cc1ccc(CNC(=O)c2ccc3c(c2)nnn3Cc2ccccc2)cc1. The van der Waals surface area contributed by atoms with Gasteiger partial charge in [0, 0.05) is 12.1 Å². The van der Waals surface area contributed by atoms with Crippen LogP contribution >= 0.6 is 0 Å². The van der Waals surface area contributed by atoms with Gasteiger partial charge in [0.1, 0.15) is 5.52 Å². The normalized spacial score (nSPS) is 10.9. The van der Waals surface area contributed by atoms with Gasteiger partial charge >= 0.3 is 0 Å². The van der Waals surface area contributed by atoms with Crippen LogP contribution in [0.4, 0.5) is 0 Å². The third-order valence-electron chi connectivity index (χ3n) is 4.52. The topological polar surface area (TPSA) is 59.8 Å². The second-order valence-corrected chi connectivity index (χ2v) is 6.60. The molecule has 1 N–H and O–H groups in total. The number of nitrogens with zero attached hydrogens (tertiary/aromatic N) is 3. The molecule has 0 unspecified atom stereocenters. The number of nitrogens with one attached hydrogen (secondary N) is 1. The van der Waals surface area contributed by atoms with Crippen LogP contribution in [0.1, 0.15) is 27.0 Å². The largest absolute Gasteiger partial charge is 0.348 e. The Morgan fingerprint density at radius 2 is 1.74 bits per heavy atom. The standard InChI is InChI=1S/C22H20N4O/c1-16-7-9-17(10-8-16)14-23-22(27)19-11-12-21-20(13-19)24-25-26(21)15-18-5-3-2-4-6-18/h2-13H,14-15H2,1H3,(H,23,27). The van der Waals surface area contributed by atoms with Crippen molar-refractivity contribution in [1.82, 2.24) is 20.3 Å². The Balaban J connectivity index is 1.48. The van der Waals surface area contributed by atoms with Gasteiger partial charge in [-0.25, -0.2) is 4.68 Å². The molecule has 5 nitrogen and oxygen atoms in total. The van der Waals surface area contributed by atoms with Gasteiger partial charge in [0.25, 0.3) is 5.91 Å². The number of carbonyl (C=O) groups is 1. The number of hydrogen-bond donors (Lipinski definition) is 1. The Morgan fingerprint density at radius 3 is 2.52 bits per heavy atom. The number of benzene rings is 3. The van der Waals surface area contributed by atoms with Gasteiger partial charge in [-0.05, 0) is 36.2 Å². The van der Waals surface area contributed by atoms with Crippen molar-refractivity contribution in [2.75, 3.05) is 0 Å². The third kappa shape index (κ3) is 3.87. The molecule has 0 aliphatic heterocycles. The van der Waals surface area contributed by atoms with Gasteiger partial charge in [0.15, 0.2) is 0 Å². The molecular weight excluding hydrogens is 336 g/mol. The average molecular weight is 356 g/mol. The van der Waals surface area contributed by atoms with Crippen LogP contribution in [0.3, 0.4) is 0 Å². The van der Waals surface area contributed by atoms with Crippen LogP contribution in [0.25, 0.3) is 11.0 Å². The summed E-state index contributed by atoms with van der Waals surface area (Å²) in [4.78, 5) is 12.5. The fourth-order valence-electron chi connectivity index (χ4n) is 2.98. The van der Waals surface area contributed by atoms with E-state index in [9.17, 15) is 4.79 Å². The van der Waals surface area contributed by atoms with Crippen LogP contribution in [0.5, 0.6) is 0 Å². The molecule has 0 aliphatic carbocycles. The quantitative estimate of drug-likeness (QED) is 0.593. The van der Waals surface area contributed by atoms with Gasteiger partial charge in [-0.15, -0.1) is 5.10 Å². The van der Waals surface area contributed by atoms with Crippen molar-refractivity contribution in [3.8, 4) is 0 Å². The lowest BCUT2D eigenvalue weighted by molar-refractivity contribution is 0.0951. The molecule has 0 aliphatic rings. The van der Waals surface area contributed by atoms with Gasteiger partial charge < -0.3 is 5.32 Å². The molecule has 1 heterocycles. The summed E-state index contributed by atoms with van der Waals surface area (Å²) in [5.41, 5.74) is 5.64. The molecule has 1 amide bonds. The Hall–Kier alpha value is -3.47. The van der Waals surface area contributed by atoms with E-state index in [0.29, 0.717) is 24.2 Å². The number of aromatic nitrogens is 3. The zero-order valence-electron chi connectivity index (χ0n) is 15.1. The molecule has 0 spiro atoms. The number of hydrogen-bond acceptors (Lipinski definition) is 3. The number of amides is 1. The smallest absolute Gasteiger partial charge is 0.251 e. The second-order valence-electron chi connectivity index (χ2n) is 6.60. The van der Waals surface area contributed by atoms with E-state index in [0.717, 1.165) is 16.6 Å². The highest BCUT2D eigenvalue weighted by atomic mass is 16.1. The van der Waals surface area contributed by atoms with Gasteiger partial charge in [-0.2, -0.15) is 0 Å². The summed E-state index contributed by atoms with van der Waals surface area (Å²) in [6.45, 7) is 3.19.